The number of fused-ring (bicyclic) bond motifs is 1. The molecule has 0 saturated carbocycles. The van der Waals surface area contributed by atoms with E-state index in [2.05, 4.69) is 0 Å². The molecule has 1 aromatic heterocycles. The van der Waals surface area contributed by atoms with Crippen molar-refractivity contribution in [2.75, 3.05) is 4.90 Å². The van der Waals surface area contributed by atoms with Crippen molar-refractivity contribution in [1.29, 1.82) is 0 Å². The van der Waals surface area contributed by atoms with E-state index in [9.17, 15) is 14.4 Å². The van der Waals surface area contributed by atoms with Crippen LogP contribution < -0.4 is 9.64 Å². The molecule has 1 saturated heterocycles. The molecule has 2 aromatic carbocycles. The van der Waals surface area contributed by atoms with Crippen LogP contribution in [0.2, 0.25) is 0 Å². The second kappa shape index (κ2) is 7.91. The van der Waals surface area contributed by atoms with Crippen molar-refractivity contribution in [3.05, 3.63) is 60.3 Å². The lowest BCUT2D eigenvalue weighted by molar-refractivity contribution is -0.121. The number of nitrogens with zero attached hydrogens (tertiary/aromatic N) is 2. The molecular weight excluding hydrogens is 396 g/mol. The number of para-hydroxylation sites is 1. The summed E-state index contributed by atoms with van der Waals surface area (Å²) in [6.45, 7) is 5.62. The van der Waals surface area contributed by atoms with Crippen LogP contribution in [0.15, 0.2) is 54.6 Å². The highest BCUT2D eigenvalue weighted by molar-refractivity contribution is 6.19. The van der Waals surface area contributed by atoms with E-state index in [4.69, 9.17) is 9.47 Å². The second-order valence-corrected chi connectivity index (χ2v) is 8.42. The maximum atomic E-state index is 12.8. The summed E-state index contributed by atoms with van der Waals surface area (Å²) in [4.78, 5) is 37.8. The predicted octanol–water partition coefficient (Wildman–Crippen LogP) is 4.66. The Morgan fingerprint density at radius 2 is 1.61 bits per heavy atom. The zero-order valence-corrected chi connectivity index (χ0v) is 17.8. The molecule has 7 nitrogen and oxygen atoms in total. The smallest absolute Gasteiger partial charge is 0.419 e. The summed E-state index contributed by atoms with van der Waals surface area (Å²) in [5.74, 6) is 0.171. The Labute approximate surface area is 180 Å². The number of rotatable bonds is 4. The van der Waals surface area contributed by atoms with Gasteiger partial charge in [-0.05, 0) is 57.2 Å². The van der Waals surface area contributed by atoms with Crippen molar-refractivity contribution in [3.63, 3.8) is 0 Å². The molecular formula is C24H24N2O5. The van der Waals surface area contributed by atoms with Crippen molar-refractivity contribution in [2.45, 2.75) is 45.8 Å². The van der Waals surface area contributed by atoms with Crippen LogP contribution in [0.5, 0.6) is 5.75 Å². The predicted molar refractivity (Wildman–Crippen MR) is 116 cm³/mol. The molecule has 2 amide bonds. The van der Waals surface area contributed by atoms with E-state index in [-0.39, 0.29) is 31.3 Å². The van der Waals surface area contributed by atoms with E-state index >= 15 is 0 Å². The van der Waals surface area contributed by atoms with Crippen LogP contribution >= 0.6 is 0 Å². The van der Waals surface area contributed by atoms with Gasteiger partial charge in [-0.25, -0.2) is 9.36 Å². The van der Waals surface area contributed by atoms with Gasteiger partial charge in [-0.15, -0.1) is 0 Å². The SMILES string of the molecule is CC(C)(C)OC(=O)n1c(COc2ccc(N3C(=O)CCC3=O)cc2)cc2ccccc21. The molecule has 31 heavy (non-hydrogen) atoms. The van der Waals surface area contributed by atoms with Gasteiger partial charge in [0.2, 0.25) is 11.8 Å². The number of anilines is 1. The Morgan fingerprint density at radius 3 is 2.26 bits per heavy atom. The minimum Gasteiger partial charge on any atom is -0.487 e. The van der Waals surface area contributed by atoms with Gasteiger partial charge in [0.05, 0.1) is 16.9 Å². The van der Waals surface area contributed by atoms with E-state index in [0.29, 0.717) is 17.1 Å². The van der Waals surface area contributed by atoms with E-state index in [1.165, 1.54) is 9.47 Å². The monoisotopic (exact) mass is 420 g/mol. The fourth-order valence-electron chi connectivity index (χ4n) is 3.55. The number of imide groups is 1. The van der Waals surface area contributed by atoms with Crippen LogP contribution in [0.1, 0.15) is 39.3 Å². The average Bonchev–Trinajstić information content (AvgIpc) is 3.25. The van der Waals surface area contributed by atoms with Gasteiger partial charge in [0.1, 0.15) is 18.0 Å². The first kappa shape index (κ1) is 20.7. The van der Waals surface area contributed by atoms with Gasteiger partial charge >= 0.3 is 6.09 Å². The lowest BCUT2D eigenvalue weighted by Gasteiger charge is -2.21. The molecule has 4 rings (SSSR count). The number of carbonyl (C=O) groups is 3. The van der Waals surface area contributed by atoms with Gasteiger partial charge in [-0.3, -0.25) is 14.5 Å². The summed E-state index contributed by atoms with van der Waals surface area (Å²) in [6, 6.07) is 16.2. The first-order chi connectivity index (χ1) is 14.7. The number of hydrogen-bond donors (Lipinski definition) is 0. The fourth-order valence-corrected chi connectivity index (χ4v) is 3.55. The Kier molecular flexibility index (Phi) is 5.27. The molecule has 0 unspecified atom stereocenters. The quantitative estimate of drug-likeness (QED) is 0.574. The maximum Gasteiger partial charge on any atom is 0.419 e. The van der Waals surface area contributed by atoms with Gasteiger partial charge in [-0.1, -0.05) is 18.2 Å². The van der Waals surface area contributed by atoms with Crippen molar-refractivity contribution in [1.82, 2.24) is 4.57 Å². The Morgan fingerprint density at radius 1 is 0.968 bits per heavy atom. The van der Waals surface area contributed by atoms with Crippen LogP contribution in [0.4, 0.5) is 10.5 Å². The fraction of sp³-hybridized carbons (Fsp3) is 0.292. The van der Waals surface area contributed by atoms with Crippen molar-refractivity contribution in [3.8, 4) is 5.75 Å². The highest BCUT2D eigenvalue weighted by Crippen LogP contribution is 2.26. The third kappa shape index (κ3) is 4.30. The lowest BCUT2D eigenvalue weighted by Crippen LogP contribution is -2.28. The van der Waals surface area contributed by atoms with Crippen LogP contribution in [-0.4, -0.2) is 28.1 Å². The number of ether oxygens (including phenoxy) is 2. The number of benzene rings is 2. The molecule has 1 aliphatic heterocycles. The molecule has 0 atom stereocenters. The standard InChI is InChI=1S/C24H24N2O5/c1-24(2,3)31-23(29)25-18(14-16-6-4-5-7-20(16)25)15-30-19-10-8-17(9-11-19)26-21(27)12-13-22(26)28/h4-11,14H,12-13,15H2,1-3H3. The van der Waals surface area contributed by atoms with Crippen LogP contribution in [0.25, 0.3) is 10.9 Å². The highest BCUT2D eigenvalue weighted by Gasteiger charge is 2.30. The number of aromatic nitrogens is 1. The molecule has 3 aromatic rings. The minimum absolute atomic E-state index is 0.148. The Balaban J connectivity index is 1.55. The van der Waals surface area contributed by atoms with Gasteiger partial charge in [0.25, 0.3) is 0 Å². The van der Waals surface area contributed by atoms with E-state index in [1.807, 2.05) is 51.1 Å². The summed E-state index contributed by atoms with van der Waals surface area (Å²) in [7, 11) is 0. The summed E-state index contributed by atoms with van der Waals surface area (Å²) < 4.78 is 13.0. The van der Waals surface area contributed by atoms with Crippen molar-refractivity contribution >= 4 is 34.5 Å². The first-order valence-corrected chi connectivity index (χ1v) is 10.1. The van der Waals surface area contributed by atoms with Crippen LogP contribution in [0.3, 0.4) is 0 Å². The Bertz CT molecular complexity index is 1140. The zero-order chi connectivity index (χ0) is 22.2. The summed E-state index contributed by atoms with van der Waals surface area (Å²) in [5, 5.41) is 0.911. The van der Waals surface area contributed by atoms with Gasteiger partial charge in [0, 0.05) is 18.2 Å². The zero-order valence-electron chi connectivity index (χ0n) is 17.8. The van der Waals surface area contributed by atoms with Gasteiger partial charge in [-0.2, -0.15) is 0 Å². The lowest BCUT2D eigenvalue weighted by atomic mass is 10.2. The second-order valence-electron chi connectivity index (χ2n) is 8.42. The van der Waals surface area contributed by atoms with Crippen molar-refractivity contribution < 1.29 is 23.9 Å². The van der Waals surface area contributed by atoms with Gasteiger partial charge < -0.3 is 9.47 Å². The number of carbonyl (C=O) groups excluding carboxylic acids is 3. The third-order valence-electron chi connectivity index (χ3n) is 4.90. The molecule has 0 aliphatic carbocycles. The average molecular weight is 420 g/mol. The van der Waals surface area contributed by atoms with Crippen molar-refractivity contribution in [2.24, 2.45) is 0 Å². The third-order valence-corrected chi connectivity index (χ3v) is 4.90. The van der Waals surface area contributed by atoms with E-state index in [0.717, 1.165) is 10.9 Å². The molecule has 0 N–H and O–H groups in total. The molecule has 0 radical (unpaired) electrons. The number of hydrogen-bond acceptors (Lipinski definition) is 5. The summed E-state index contributed by atoms with van der Waals surface area (Å²) in [6.07, 6.45) is 0.0206. The molecule has 160 valence electrons. The Hall–Kier alpha value is -3.61. The highest BCUT2D eigenvalue weighted by atomic mass is 16.6. The van der Waals surface area contributed by atoms with Crippen LogP contribution in [0, 0.1) is 0 Å². The molecule has 1 fully saturated rings. The van der Waals surface area contributed by atoms with E-state index < -0.39 is 11.7 Å². The normalized spacial score (nSPS) is 14.4. The molecule has 0 spiro atoms. The van der Waals surface area contributed by atoms with Crippen LogP contribution in [-0.2, 0) is 20.9 Å². The topological polar surface area (TPSA) is 77.8 Å². The molecule has 1 aliphatic rings. The molecule has 2 heterocycles. The molecule has 7 heteroatoms. The minimum atomic E-state index is -0.624. The largest absolute Gasteiger partial charge is 0.487 e. The van der Waals surface area contributed by atoms with Gasteiger partial charge in [0.15, 0.2) is 0 Å². The first-order valence-electron chi connectivity index (χ1n) is 10.1. The summed E-state index contributed by atoms with van der Waals surface area (Å²) in [5.41, 5.74) is 1.31. The molecule has 0 bridgehead atoms. The number of amides is 2. The maximum absolute atomic E-state index is 12.8. The summed E-state index contributed by atoms with van der Waals surface area (Å²) >= 11 is 0. The van der Waals surface area contributed by atoms with E-state index in [1.54, 1.807) is 24.3 Å².